The Morgan fingerprint density at radius 3 is 2.68 bits per heavy atom. The van der Waals surface area contributed by atoms with Crippen LogP contribution in [-0.2, 0) is 13.0 Å². The molecule has 0 fully saturated rings. The first-order valence-electron chi connectivity index (χ1n) is 10.2. The van der Waals surface area contributed by atoms with Gasteiger partial charge in [0, 0.05) is 22.7 Å². The number of thiazole rings is 1. The fourth-order valence-electron chi connectivity index (χ4n) is 3.34. The summed E-state index contributed by atoms with van der Waals surface area (Å²) in [6.07, 6.45) is 3.85. The van der Waals surface area contributed by atoms with Crippen molar-refractivity contribution in [1.82, 2.24) is 9.55 Å². The van der Waals surface area contributed by atoms with E-state index in [9.17, 15) is 9.59 Å². The van der Waals surface area contributed by atoms with Crippen LogP contribution in [0.3, 0.4) is 0 Å². The maximum Gasteiger partial charge on any atom is 0.293 e. The second-order valence-corrected chi connectivity index (χ2v) is 8.46. The van der Waals surface area contributed by atoms with E-state index >= 15 is 0 Å². The zero-order chi connectivity index (χ0) is 21.8. The first kappa shape index (κ1) is 20.8. The molecule has 3 aromatic heterocycles. The highest BCUT2D eigenvalue weighted by atomic mass is 32.1. The van der Waals surface area contributed by atoms with Gasteiger partial charge < -0.3 is 8.98 Å². The minimum Gasteiger partial charge on any atom is -0.454 e. The van der Waals surface area contributed by atoms with E-state index in [0.29, 0.717) is 10.9 Å². The van der Waals surface area contributed by atoms with Gasteiger partial charge in [-0.05, 0) is 37.1 Å². The van der Waals surface area contributed by atoms with Crippen molar-refractivity contribution in [2.24, 2.45) is 0 Å². The molecule has 7 heteroatoms. The molecule has 4 rings (SSSR count). The molecule has 0 bridgehead atoms. The van der Waals surface area contributed by atoms with Gasteiger partial charge in [0.1, 0.15) is 5.76 Å². The average molecular weight is 434 g/mol. The van der Waals surface area contributed by atoms with Crippen molar-refractivity contribution in [1.29, 1.82) is 0 Å². The number of aryl methyl sites for hydroxylation is 2. The Kier molecular flexibility index (Phi) is 6.13. The smallest absolute Gasteiger partial charge is 0.293 e. The molecule has 31 heavy (non-hydrogen) atoms. The van der Waals surface area contributed by atoms with Gasteiger partial charge in [-0.1, -0.05) is 43.7 Å². The van der Waals surface area contributed by atoms with Crippen LogP contribution in [0.4, 0.5) is 5.13 Å². The summed E-state index contributed by atoms with van der Waals surface area (Å²) in [5, 5.41) is 3.34. The lowest BCUT2D eigenvalue weighted by molar-refractivity contribution is 0.0994. The lowest BCUT2D eigenvalue weighted by atomic mass is 10.1. The molecule has 4 aromatic rings. The van der Waals surface area contributed by atoms with Crippen molar-refractivity contribution in [3.05, 3.63) is 93.1 Å². The molecule has 0 spiro atoms. The molecule has 3 heterocycles. The van der Waals surface area contributed by atoms with Crippen molar-refractivity contribution in [2.75, 3.05) is 5.32 Å². The minimum absolute atomic E-state index is 0.126. The molecule has 0 aliphatic rings. The summed E-state index contributed by atoms with van der Waals surface area (Å²) in [4.78, 5) is 30.1. The number of amides is 1. The van der Waals surface area contributed by atoms with Crippen LogP contribution in [0.1, 0.15) is 40.1 Å². The Morgan fingerprint density at radius 1 is 1.13 bits per heavy atom. The summed E-state index contributed by atoms with van der Waals surface area (Å²) in [6, 6.07) is 16.6. The number of carbonyl (C=O) groups is 1. The van der Waals surface area contributed by atoms with E-state index in [1.807, 2.05) is 6.92 Å². The number of anilines is 1. The van der Waals surface area contributed by atoms with Crippen LogP contribution >= 0.6 is 11.3 Å². The number of nitrogens with one attached hydrogen (secondary N) is 1. The van der Waals surface area contributed by atoms with Crippen molar-refractivity contribution in [3.8, 4) is 11.3 Å². The van der Waals surface area contributed by atoms with Crippen LogP contribution in [-0.4, -0.2) is 15.5 Å². The fourth-order valence-corrected chi connectivity index (χ4v) is 4.17. The number of rotatable bonds is 7. The number of nitrogens with zero attached hydrogens (tertiary/aromatic N) is 2. The highest BCUT2D eigenvalue weighted by molar-refractivity contribution is 7.16. The number of carbonyl (C=O) groups excluding carboxylic acids is 1. The molecule has 1 aromatic carbocycles. The van der Waals surface area contributed by atoms with Gasteiger partial charge in [-0.2, -0.15) is 0 Å². The summed E-state index contributed by atoms with van der Waals surface area (Å²) in [7, 11) is 0. The fraction of sp³-hybridized carbons (Fsp3) is 0.208. The first-order chi connectivity index (χ1) is 15.0. The van der Waals surface area contributed by atoms with Gasteiger partial charge in [0.2, 0.25) is 0 Å². The molecule has 1 N–H and O–H groups in total. The van der Waals surface area contributed by atoms with Crippen LogP contribution < -0.4 is 10.9 Å². The van der Waals surface area contributed by atoms with Crippen LogP contribution in [0.2, 0.25) is 0 Å². The van der Waals surface area contributed by atoms with Crippen LogP contribution in [0.25, 0.3) is 11.3 Å². The number of furan rings is 1. The molecule has 6 nitrogen and oxygen atoms in total. The Hall–Kier alpha value is -3.45. The number of aromatic nitrogens is 2. The molecule has 0 unspecified atom stereocenters. The number of hydrogen-bond acceptors (Lipinski definition) is 5. The van der Waals surface area contributed by atoms with E-state index in [-0.39, 0.29) is 23.8 Å². The maximum absolute atomic E-state index is 12.6. The van der Waals surface area contributed by atoms with E-state index in [4.69, 9.17) is 4.42 Å². The van der Waals surface area contributed by atoms with Crippen molar-refractivity contribution in [3.63, 3.8) is 0 Å². The molecule has 1 amide bonds. The molecule has 0 radical (unpaired) electrons. The second kappa shape index (κ2) is 9.14. The molecule has 0 aliphatic carbocycles. The Labute approximate surface area is 184 Å². The normalized spacial score (nSPS) is 10.9. The van der Waals surface area contributed by atoms with Crippen LogP contribution in [0.15, 0.2) is 70.0 Å². The summed E-state index contributed by atoms with van der Waals surface area (Å²) in [5.74, 6) is 0.337. The number of benzene rings is 1. The SMILES string of the molecule is CCCc1ccc(-c2nc(NC(=O)c3ccc(Cn4ccccc4=O)o3)sc2C)cc1. The van der Waals surface area contributed by atoms with Gasteiger partial charge in [-0.15, -0.1) is 11.3 Å². The topological polar surface area (TPSA) is 77.1 Å². The minimum atomic E-state index is -0.370. The summed E-state index contributed by atoms with van der Waals surface area (Å²) < 4.78 is 7.16. The lowest BCUT2D eigenvalue weighted by Gasteiger charge is -2.02. The van der Waals surface area contributed by atoms with E-state index in [2.05, 4.69) is 41.5 Å². The van der Waals surface area contributed by atoms with Crippen LogP contribution in [0, 0.1) is 6.92 Å². The highest BCUT2D eigenvalue weighted by Crippen LogP contribution is 2.31. The zero-order valence-corrected chi connectivity index (χ0v) is 18.2. The van der Waals surface area contributed by atoms with Crippen molar-refractivity contribution in [2.45, 2.75) is 33.2 Å². The predicted octanol–water partition coefficient (Wildman–Crippen LogP) is 5.13. The quantitative estimate of drug-likeness (QED) is 0.438. The highest BCUT2D eigenvalue weighted by Gasteiger charge is 2.16. The average Bonchev–Trinajstić information content (AvgIpc) is 3.37. The van der Waals surface area contributed by atoms with E-state index in [1.54, 1.807) is 30.5 Å². The molecule has 158 valence electrons. The summed E-state index contributed by atoms with van der Waals surface area (Å²) in [6.45, 7) is 4.42. The Bertz CT molecular complexity index is 1250. The van der Waals surface area contributed by atoms with Gasteiger partial charge in [0.25, 0.3) is 11.5 Å². The second-order valence-electron chi connectivity index (χ2n) is 7.26. The van der Waals surface area contributed by atoms with Gasteiger partial charge in [-0.25, -0.2) is 4.98 Å². The van der Waals surface area contributed by atoms with Crippen LogP contribution in [0.5, 0.6) is 0 Å². The molecule has 0 saturated heterocycles. The van der Waals surface area contributed by atoms with Crippen molar-refractivity contribution < 1.29 is 9.21 Å². The zero-order valence-electron chi connectivity index (χ0n) is 17.4. The third kappa shape index (κ3) is 4.83. The van der Waals surface area contributed by atoms with E-state index < -0.39 is 0 Å². The van der Waals surface area contributed by atoms with Crippen molar-refractivity contribution >= 4 is 22.4 Å². The Balaban J connectivity index is 1.46. The predicted molar refractivity (Wildman–Crippen MR) is 123 cm³/mol. The molecule has 0 saturated carbocycles. The van der Waals surface area contributed by atoms with E-state index in [0.717, 1.165) is 29.0 Å². The maximum atomic E-state index is 12.6. The molecular formula is C24H23N3O3S. The summed E-state index contributed by atoms with van der Waals surface area (Å²) >= 11 is 1.43. The molecule has 0 atom stereocenters. The van der Waals surface area contributed by atoms with Gasteiger partial charge >= 0.3 is 0 Å². The molecular weight excluding hydrogens is 410 g/mol. The van der Waals surface area contributed by atoms with Gasteiger partial charge in [-0.3, -0.25) is 14.9 Å². The van der Waals surface area contributed by atoms with Gasteiger partial charge in [0.15, 0.2) is 10.9 Å². The van der Waals surface area contributed by atoms with E-state index in [1.165, 1.54) is 27.5 Å². The lowest BCUT2D eigenvalue weighted by Crippen LogP contribution is -2.18. The Morgan fingerprint density at radius 2 is 1.94 bits per heavy atom. The summed E-state index contributed by atoms with van der Waals surface area (Å²) in [5.41, 5.74) is 3.08. The van der Waals surface area contributed by atoms with Gasteiger partial charge in [0.05, 0.1) is 12.2 Å². The third-order valence-corrected chi connectivity index (χ3v) is 5.78. The number of hydrogen-bond donors (Lipinski definition) is 1. The monoisotopic (exact) mass is 433 g/mol. The first-order valence-corrected chi connectivity index (χ1v) is 11.0. The number of pyridine rings is 1. The largest absolute Gasteiger partial charge is 0.454 e. The standard InChI is InChI=1S/C24H23N3O3S/c1-3-6-17-8-10-18(11-9-17)22-16(2)31-24(25-22)26-23(29)20-13-12-19(30-20)15-27-14-5-4-7-21(27)28/h4-5,7-14H,3,6,15H2,1-2H3,(H,25,26,29). The third-order valence-electron chi connectivity index (χ3n) is 4.89. The molecule has 0 aliphatic heterocycles.